The molecular formula is C16H27N3. The highest BCUT2D eigenvalue weighted by Gasteiger charge is 2.18. The fourth-order valence-electron chi connectivity index (χ4n) is 3.02. The summed E-state index contributed by atoms with van der Waals surface area (Å²) in [6.45, 7) is 10.8. The lowest BCUT2D eigenvalue weighted by molar-refractivity contribution is 0.326. The Morgan fingerprint density at radius 2 is 2.16 bits per heavy atom. The maximum Gasteiger partial charge on any atom is 0.0668 e. The Bertz CT molecular complexity index is 445. The van der Waals surface area contributed by atoms with Crippen LogP contribution < -0.4 is 5.32 Å². The minimum absolute atomic E-state index is 0.530. The molecule has 1 saturated heterocycles. The highest BCUT2D eigenvalue weighted by atomic mass is 15.3. The second-order valence-corrected chi connectivity index (χ2v) is 5.62. The molecule has 2 heterocycles. The molecule has 0 spiro atoms. The topological polar surface area (TPSA) is 29.9 Å². The third-order valence-electron chi connectivity index (χ3n) is 4.36. The zero-order chi connectivity index (χ0) is 13.8. The van der Waals surface area contributed by atoms with Gasteiger partial charge in [0.05, 0.1) is 5.69 Å². The number of rotatable bonds is 4. The summed E-state index contributed by atoms with van der Waals surface area (Å²) < 4.78 is 2.08. The summed E-state index contributed by atoms with van der Waals surface area (Å²) in [5.74, 6) is 0.886. The molecule has 2 unspecified atom stereocenters. The van der Waals surface area contributed by atoms with Crippen molar-refractivity contribution in [2.24, 2.45) is 5.92 Å². The number of aryl methyl sites for hydroxylation is 2. The summed E-state index contributed by atoms with van der Waals surface area (Å²) in [7, 11) is 0. The van der Waals surface area contributed by atoms with Crippen LogP contribution >= 0.6 is 0 Å². The van der Waals surface area contributed by atoms with E-state index < -0.39 is 0 Å². The first-order valence-corrected chi connectivity index (χ1v) is 7.61. The van der Waals surface area contributed by atoms with Crippen molar-refractivity contribution >= 4 is 6.08 Å². The van der Waals surface area contributed by atoms with Crippen LogP contribution in [0.3, 0.4) is 0 Å². The van der Waals surface area contributed by atoms with E-state index in [1.54, 1.807) is 0 Å². The average Bonchev–Trinajstić information content (AvgIpc) is 2.71. The Morgan fingerprint density at radius 1 is 1.37 bits per heavy atom. The van der Waals surface area contributed by atoms with Gasteiger partial charge in [-0.1, -0.05) is 25.5 Å². The van der Waals surface area contributed by atoms with Crippen LogP contribution in [0, 0.1) is 19.8 Å². The Kier molecular flexibility index (Phi) is 4.81. The third kappa shape index (κ3) is 3.27. The van der Waals surface area contributed by atoms with Gasteiger partial charge in [0.2, 0.25) is 0 Å². The standard InChI is InChI=1S/C16H27N3/c1-5-14-9-10-17-15(11-14)7-8-16-12(3)18-19(6-2)13(16)4/h7-8,14-15,17H,5-6,9-11H2,1-4H3/b8-7+. The van der Waals surface area contributed by atoms with Crippen LogP contribution in [0.25, 0.3) is 6.08 Å². The summed E-state index contributed by atoms with van der Waals surface area (Å²) in [6.07, 6.45) is 8.50. The van der Waals surface area contributed by atoms with Crippen LogP contribution in [-0.4, -0.2) is 22.4 Å². The number of nitrogens with one attached hydrogen (secondary N) is 1. The van der Waals surface area contributed by atoms with Gasteiger partial charge >= 0.3 is 0 Å². The fourth-order valence-corrected chi connectivity index (χ4v) is 3.02. The molecule has 2 rings (SSSR count). The maximum absolute atomic E-state index is 4.57. The number of hydrogen-bond acceptors (Lipinski definition) is 2. The monoisotopic (exact) mass is 261 g/mol. The van der Waals surface area contributed by atoms with Gasteiger partial charge in [-0.25, -0.2) is 0 Å². The molecule has 1 aliphatic heterocycles. The second-order valence-electron chi connectivity index (χ2n) is 5.62. The molecule has 0 saturated carbocycles. The van der Waals surface area contributed by atoms with Crippen molar-refractivity contribution in [3.05, 3.63) is 23.0 Å². The SMILES string of the molecule is CCC1CCNC(/C=C/c2c(C)nn(CC)c2C)C1. The van der Waals surface area contributed by atoms with E-state index in [1.807, 2.05) is 0 Å². The van der Waals surface area contributed by atoms with E-state index in [0.717, 1.165) is 24.7 Å². The molecule has 19 heavy (non-hydrogen) atoms. The average molecular weight is 261 g/mol. The molecule has 0 aliphatic carbocycles. The summed E-state index contributed by atoms with van der Waals surface area (Å²) in [5.41, 5.74) is 3.71. The van der Waals surface area contributed by atoms with Crippen LogP contribution in [0.2, 0.25) is 0 Å². The van der Waals surface area contributed by atoms with Crippen molar-refractivity contribution in [1.82, 2.24) is 15.1 Å². The highest BCUT2D eigenvalue weighted by molar-refractivity contribution is 5.55. The van der Waals surface area contributed by atoms with Crippen LogP contribution in [-0.2, 0) is 6.54 Å². The quantitative estimate of drug-likeness (QED) is 0.901. The lowest BCUT2D eigenvalue weighted by Gasteiger charge is -2.27. The molecule has 1 aromatic heterocycles. The van der Waals surface area contributed by atoms with E-state index in [9.17, 15) is 0 Å². The largest absolute Gasteiger partial charge is 0.310 e. The van der Waals surface area contributed by atoms with Gasteiger partial charge in [-0.3, -0.25) is 4.68 Å². The van der Waals surface area contributed by atoms with Gasteiger partial charge in [0.15, 0.2) is 0 Å². The number of piperidine rings is 1. The number of hydrogen-bond donors (Lipinski definition) is 1. The molecule has 1 fully saturated rings. The minimum Gasteiger partial charge on any atom is -0.310 e. The third-order valence-corrected chi connectivity index (χ3v) is 4.36. The number of nitrogens with zero attached hydrogens (tertiary/aromatic N) is 2. The van der Waals surface area contributed by atoms with Crippen molar-refractivity contribution in [2.45, 2.75) is 59.5 Å². The van der Waals surface area contributed by atoms with Crippen LogP contribution in [0.1, 0.15) is 50.1 Å². The van der Waals surface area contributed by atoms with E-state index >= 15 is 0 Å². The van der Waals surface area contributed by atoms with Gasteiger partial charge in [0.1, 0.15) is 0 Å². The predicted octanol–water partition coefficient (Wildman–Crippen LogP) is 3.31. The molecule has 3 nitrogen and oxygen atoms in total. The molecule has 1 aromatic rings. The second kappa shape index (κ2) is 6.38. The Labute approximate surface area is 117 Å². The number of aromatic nitrogens is 2. The van der Waals surface area contributed by atoms with Gasteiger partial charge in [-0.2, -0.15) is 5.10 Å². The normalized spacial score (nSPS) is 24.2. The summed E-state index contributed by atoms with van der Waals surface area (Å²) >= 11 is 0. The summed E-state index contributed by atoms with van der Waals surface area (Å²) in [4.78, 5) is 0. The van der Waals surface area contributed by atoms with E-state index in [4.69, 9.17) is 0 Å². The van der Waals surface area contributed by atoms with Gasteiger partial charge in [0.25, 0.3) is 0 Å². The zero-order valence-corrected chi connectivity index (χ0v) is 12.7. The Balaban J connectivity index is 2.08. The van der Waals surface area contributed by atoms with E-state index in [-0.39, 0.29) is 0 Å². The molecule has 1 aliphatic rings. The van der Waals surface area contributed by atoms with Crippen molar-refractivity contribution in [3.63, 3.8) is 0 Å². The molecule has 3 heteroatoms. The van der Waals surface area contributed by atoms with Gasteiger partial charge in [0, 0.05) is 23.8 Å². The lowest BCUT2D eigenvalue weighted by Crippen LogP contribution is -2.36. The van der Waals surface area contributed by atoms with Gasteiger partial charge in [-0.05, 0) is 46.1 Å². The highest BCUT2D eigenvalue weighted by Crippen LogP contribution is 2.21. The molecule has 1 N–H and O–H groups in total. The smallest absolute Gasteiger partial charge is 0.0668 e. The first kappa shape index (κ1) is 14.3. The van der Waals surface area contributed by atoms with Gasteiger partial charge < -0.3 is 5.32 Å². The zero-order valence-electron chi connectivity index (χ0n) is 12.7. The van der Waals surface area contributed by atoms with Crippen LogP contribution in [0.5, 0.6) is 0 Å². The molecule has 0 radical (unpaired) electrons. The molecule has 106 valence electrons. The van der Waals surface area contributed by atoms with E-state index in [2.05, 4.69) is 54.9 Å². The predicted molar refractivity (Wildman–Crippen MR) is 81.2 cm³/mol. The molecule has 0 bridgehead atoms. The summed E-state index contributed by atoms with van der Waals surface area (Å²) in [5, 5.41) is 8.17. The van der Waals surface area contributed by atoms with Crippen molar-refractivity contribution in [2.75, 3.05) is 6.54 Å². The van der Waals surface area contributed by atoms with Crippen LogP contribution in [0.15, 0.2) is 6.08 Å². The molecule has 0 aromatic carbocycles. The van der Waals surface area contributed by atoms with Crippen molar-refractivity contribution in [1.29, 1.82) is 0 Å². The Hall–Kier alpha value is -1.09. The van der Waals surface area contributed by atoms with Crippen molar-refractivity contribution in [3.8, 4) is 0 Å². The molecular weight excluding hydrogens is 234 g/mol. The maximum atomic E-state index is 4.57. The first-order valence-electron chi connectivity index (χ1n) is 7.61. The molecule has 0 amide bonds. The first-order chi connectivity index (χ1) is 9.15. The van der Waals surface area contributed by atoms with Crippen LogP contribution in [0.4, 0.5) is 0 Å². The molecule has 2 atom stereocenters. The van der Waals surface area contributed by atoms with E-state index in [0.29, 0.717) is 6.04 Å². The lowest BCUT2D eigenvalue weighted by atomic mass is 9.90. The van der Waals surface area contributed by atoms with Gasteiger partial charge in [-0.15, -0.1) is 0 Å². The summed E-state index contributed by atoms with van der Waals surface area (Å²) in [6, 6.07) is 0.530. The minimum atomic E-state index is 0.530. The fraction of sp³-hybridized carbons (Fsp3) is 0.688. The van der Waals surface area contributed by atoms with E-state index in [1.165, 1.54) is 30.5 Å². The Morgan fingerprint density at radius 3 is 2.79 bits per heavy atom. The van der Waals surface area contributed by atoms with Crippen molar-refractivity contribution < 1.29 is 0 Å².